The summed E-state index contributed by atoms with van der Waals surface area (Å²) in [7, 11) is 8.00. The van der Waals surface area contributed by atoms with Gasteiger partial charge in [-0.05, 0) is 29.8 Å². The first kappa shape index (κ1) is 15.8. The molecule has 2 aromatic rings. The van der Waals surface area contributed by atoms with Crippen LogP contribution >= 0.6 is 0 Å². The van der Waals surface area contributed by atoms with E-state index in [2.05, 4.69) is 0 Å². The van der Waals surface area contributed by atoms with Gasteiger partial charge < -0.3 is 23.7 Å². The molecule has 0 bridgehead atoms. The second-order valence-corrected chi connectivity index (χ2v) is 4.48. The van der Waals surface area contributed by atoms with Gasteiger partial charge in [-0.2, -0.15) is 0 Å². The topological polar surface area (TPSA) is 46.2 Å². The van der Waals surface area contributed by atoms with Gasteiger partial charge in [0.1, 0.15) is 11.5 Å². The molecule has 0 aliphatic rings. The number of methoxy groups -OCH3 is 5. The summed E-state index contributed by atoms with van der Waals surface area (Å²) in [6.45, 7) is 0. The quantitative estimate of drug-likeness (QED) is 0.818. The van der Waals surface area contributed by atoms with Gasteiger partial charge in [0.15, 0.2) is 11.5 Å². The minimum absolute atomic E-state index is 0.557. The second-order valence-electron chi connectivity index (χ2n) is 4.48. The molecule has 0 saturated heterocycles. The van der Waals surface area contributed by atoms with Crippen LogP contribution in [-0.4, -0.2) is 35.5 Å². The lowest BCUT2D eigenvalue weighted by Crippen LogP contribution is -1.96. The average Bonchev–Trinajstić information content (AvgIpc) is 2.59. The van der Waals surface area contributed by atoms with Crippen molar-refractivity contribution >= 4 is 0 Å². The van der Waals surface area contributed by atoms with Crippen LogP contribution in [0.25, 0.3) is 11.1 Å². The molecule has 0 N–H and O–H groups in total. The van der Waals surface area contributed by atoms with Crippen LogP contribution in [0.2, 0.25) is 0 Å². The first-order valence-corrected chi connectivity index (χ1v) is 6.70. The molecule has 0 aromatic heterocycles. The third-order valence-electron chi connectivity index (χ3n) is 3.38. The van der Waals surface area contributed by atoms with Crippen LogP contribution in [0.15, 0.2) is 30.3 Å². The van der Waals surface area contributed by atoms with Crippen molar-refractivity contribution in [2.45, 2.75) is 0 Å². The van der Waals surface area contributed by atoms with Gasteiger partial charge in [-0.15, -0.1) is 0 Å². The molecular weight excluding hydrogens is 284 g/mol. The zero-order valence-corrected chi connectivity index (χ0v) is 13.4. The Kier molecular flexibility index (Phi) is 4.99. The molecule has 22 heavy (non-hydrogen) atoms. The van der Waals surface area contributed by atoms with Crippen molar-refractivity contribution in [3.63, 3.8) is 0 Å². The smallest absolute Gasteiger partial charge is 0.203 e. The third kappa shape index (κ3) is 2.88. The number of hydrogen-bond donors (Lipinski definition) is 0. The molecule has 0 aliphatic heterocycles. The van der Waals surface area contributed by atoms with Crippen LogP contribution in [0.4, 0.5) is 0 Å². The van der Waals surface area contributed by atoms with Gasteiger partial charge >= 0.3 is 0 Å². The summed E-state index contributed by atoms with van der Waals surface area (Å²) in [6, 6.07) is 9.40. The van der Waals surface area contributed by atoms with Gasteiger partial charge in [-0.3, -0.25) is 0 Å². The summed E-state index contributed by atoms with van der Waals surface area (Å²) < 4.78 is 26.8. The van der Waals surface area contributed by atoms with Gasteiger partial charge in [0.2, 0.25) is 5.75 Å². The highest BCUT2D eigenvalue weighted by molar-refractivity contribution is 5.76. The van der Waals surface area contributed by atoms with Gasteiger partial charge in [0.25, 0.3) is 0 Å². The Morgan fingerprint density at radius 3 is 1.64 bits per heavy atom. The number of benzene rings is 2. The summed E-state index contributed by atoms with van der Waals surface area (Å²) >= 11 is 0. The fourth-order valence-electron chi connectivity index (χ4n) is 2.27. The number of ether oxygens (including phenoxy) is 5. The van der Waals surface area contributed by atoms with Crippen molar-refractivity contribution in [3.8, 4) is 39.9 Å². The van der Waals surface area contributed by atoms with Crippen LogP contribution in [0.1, 0.15) is 0 Å². The maximum absolute atomic E-state index is 5.45. The molecule has 2 rings (SSSR count). The average molecular weight is 304 g/mol. The molecule has 5 nitrogen and oxygen atoms in total. The summed E-state index contributed by atoms with van der Waals surface area (Å²) in [4.78, 5) is 0. The van der Waals surface area contributed by atoms with Gasteiger partial charge in [0.05, 0.1) is 35.5 Å². The predicted octanol–water partition coefficient (Wildman–Crippen LogP) is 3.40. The molecule has 0 fully saturated rings. The highest BCUT2D eigenvalue weighted by Crippen LogP contribution is 2.43. The minimum Gasteiger partial charge on any atom is -0.497 e. The molecule has 2 aromatic carbocycles. The monoisotopic (exact) mass is 304 g/mol. The van der Waals surface area contributed by atoms with Crippen molar-refractivity contribution in [2.24, 2.45) is 0 Å². The van der Waals surface area contributed by atoms with Gasteiger partial charge in [0, 0.05) is 11.6 Å². The normalized spacial score (nSPS) is 10.0. The molecule has 118 valence electrons. The highest BCUT2D eigenvalue weighted by Gasteiger charge is 2.16. The molecule has 0 spiro atoms. The summed E-state index contributed by atoms with van der Waals surface area (Å²) in [6.07, 6.45) is 0. The maximum atomic E-state index is 5.45. The van der Waals surface area contributed by atoms with Crippen LogP contribution in [0.3, 0.4) is 0 Å². The highest BCUT2D eigenvalue weighted by atomic mass is 16.5. The Morgan fingerprint density at radius 1 is 0.591 bits per heavy atom. The summed E-state index contributed by atoms with van der Waals surface area (Å²) in [5.74, 6) is 3.17. The van der Waals surface area contributed by atoms with E-state index < -0.39 is 0 Å². The fourth-order valence-corrected chi connectivity index (χ4v) is 2.27. The van der Waals surface area contributed by atoms with Crippen molar-refractivity contribution in [1.29, 1.82) is 0 Å². The van der Waals surface area contributed by atoms with E-state index in [4.69, 9.17) is 23.7 Å². The molecule has 0 amide bonds. The Labute approximate surface area is 130 Å². The van der Waals surface area contributed by atoms with E-state index in [9.17, 15) is 0 Å². The predicted molar refractivity (Wildman–Crippen MR) is 84.6 cm³/mol. The lowest BCUT2D eigenvalue weighted by Gasteiger charge is -2.16. The number of hydrogen-bond acceptors (Lipinski definition) is 5. The van der Waals surface area contributed by atoms with Crippen LogP contribution in [-0.2, 0) is 0 Å². The largest absolute Gasteiger partial charge is 0.497 e. The van der Waals surface area contributed by atoms with E-state index in [0.717, 1.165) is 16.9 Å². The molecule has 0 unspecified atom stereocenters. The molecule has 0 aliphatic carbocycles. The Morgan fingerprint density at radius 2 is 1.18 bits per heavy atom. The zero-order valence-electron chi connectivity index (χ0n) is 13.4. The first-order valence-electron chi connectivity index (χ1n) is 6.70. The van der Waals surface area contributed by atoms with E-state index in [1.54, 1.807) is 35.5 Å². The van der Waals surface area contributed by atoms with Crippen LogP contribution in [0, 0.1) is 0 Å². The van der Waals surface area contributed by atoms with E-state index in [1.165, 1.54) is 0 Å². The SMILES string of the molecule is COc1ccc(-c2cc(OC)c(OC)c(OC)c2)c(OC)c1. The molecule has 5 heteroatoms. The van der Waals surface area contributed by atoms with Gasteiger partial charge in [-0.1, -0.05) is 0 Å². The Hall–Kier alpha value is -2.56. The van der Waals surface area contributed by atoms with Gasteiger partial charge in [-0.25, -0.2) is 0 Å². The van der Waals surface area contributed by atoms with Crippen LogP contribution in [0.5, 0.6) is 28.7 Å². The Bertz CT molecular complexity index is 626. The minimum atomic E-state index is 0.557. The lowest BCUT2D eigenvalue weighted by atomic mass is 10.0. The van der Waals surface area contributed by atoms with E-state index in [-0.39, 0.29) is 0 Å². The van der Waals surface area contributed by atoms with E-state index in [0.29, 0.717) is 23.0 Å². The molecule has 0 atom stereocenters. The second kappa shape index (κ2) is 6.93. The van der Waals surface area contributed by atoms with Crippen molar-refractivity contribution in [3.05, 3.63) is 30.3 Å². The van der Waals surface area contributed by atoms with Crippen LogP contribution < -0.4 is 23.7 Å². The summed E-state index contributed by atoms with van der Waals surface area (Å²) in [5, 5.41) is 0. The van der Waals surface area contributed by atoms with E-state index in [1.807, 2.05) is 30.3 Å². The van der Waals surface area contributed by atoms with E-state index >= 15 is 0 Å². The van der Waals surface area contributed by atoms with Crippen molar-refractivity contribution < 1.29 is 23.7 Å². The van der Waals surface area contributed by atoms with Crippen molar-refractivity contribution in [2.75, 3.05) is 35.5 Å². The number of rotatable bonds is 6. The lowest BCUT2D eigenvalue weighted by molar-refractivity contribution is 0.324. The Balaban J connectivity index is 2.62. The maximum Gasteiger partial charge on any atom is 0.203 e. The first-order chi connectivity index (χ1) is 10.7. The van der Waals surface area contributed by atoms with Crippen molar-refractivity contribution in [1.82, 2.24) is 0 Å². The molecular formula is C17H20O5. The summed E-state index contributed by atoms with van der Waals surface area (Å²) in [5.41, 5.74) is 1.80. The molecule has 0 heterocycles. The molecule has 0 radical (unpaired) electrons. The fraction of sp³-hybridized carbons (Fsp3) is 0.294. The third-order valence-corrected chi connectivity index (χ3v) is 3.38. The molecule has 0 saturated carbocycles. The standard InChI is InChI=1S/C17H20O5/c1-18-12-6-7-13(14(10-12)19-2)11-8-15(20-3)17(22-5)16(9-11)21-4/h6-10H,1-5H3. The zero-order chi connectivity index (χ0) is 16.1.